The summed E-state index contributed by atoms with van der Waals surface area (Å²) in [5.74, 6) is -0.248. The highest BCUT2D eigenvalue weighted by Gasteiger charge is 2.26. The van der Waals surface area contributed by atoms with Crippen molar-refractivity contribution < 1.29 is 13.2 Å². The Balaban J connectivity index is 2.07. The van der Waals surface area contributed by atoms with Crippen molar-refractivity contribution in [3.63, 3.8) is 0 Å². The van der Waals surface area contributed by atoms with E-state index < -0.39 is 10.0 Å². The molecule has 144 valence electrons. The summed E-state index contributed by atoms with van der Waals surface area (Å²) in [6, 6.07) is 23.2. The van der Waals surface area contributed by atoms with Crippen molar-refractivity contribution in [2.45, 2.75) is 25.3 Å². The van der Waals surface area contributed by atoms with Crippen LogP contribution in [0.15, 0.2) is 83.8 Å². The number of anilines is 2. The Kier molecular flexibility index (Phi) is 5.80. The van der Waals surface area contributed by atoms with Crippen LogP contribution in [-0.4, -0.2) is 14.3 Å². The third kappa shape index (κ3) is 4.40. The molecule has 0 heterocycles. The molecule has 3 aromatic carbocycles. The normalized spacial score (nSPS) is 11.1. The van der Waals surface area contributed by atoms with Gasteiger partial charge in [0.15, 0.2) is 0 Å². The van der Waals surface area contributed by atoms with Crippen molar-refractivity contribution in [1.29, 1.82) is 0 Å². The SMILES string of the molecule is CC(=O)Nc1cc(S(=O)(=O)N(Cc2ccccc2)c2ccccc2)ccc1C. The number of para-hydroxylation sites is 1. The van der Waals surface area contributed by atoms with Crippen LogP contribution < -0.4 is 9.62 Å². The summed E-state index contributed by atoms with van der Waals surface area (Å²) in [4.78, 5) is 11.6. The van der Waals surface area contributed by atoms with E-state index in [4.69, 9.17) is 0 Å². The molecule has 0 aliphatic carbocycles. The second-order valence-electron chi connectivity index (χ2n) is 6.49. The fraction of sp³-hybridized carbons (Fsp3) is 0.136. The first-order valence-corrected chi connectivity index (χ1v) is 10.3. The zero-order valence-corrected chi connectivity index (χ0v) is 16.6. The summed E-state index contributed by atoms with van der Waals surface area (Å²) in [5.41, 5.74) is 2.74. The van der Waals surface area contributed by atoms with Crippen molar-refractivity contribution in [3.05, 3.63) is 90.0 Å². The lowest BCUT2D eigenvalue weighted by Gasteiger charge is -2.25. The number of hydrogen-bond acceptors (Lipinski definition) is 3. The van der Waals surface area contributed by atoms with Gasteiger partial charge in [-0.2, -0.15) is 0 Å². The molecule has 0 aliphatic heterocycles. The molecule has 0 aromatic heterocycles. The predicted molar refractivity (Wildman–Crippen MR) is 112 cm³/mol. The highest BCUT2D eigenvalue weighted by atomic mass is 32.2. The van der Waals surface area contributed by atoms with Gasteiger partial charge in [-0.15, -0.1) is 0 Å². The van der Waals surface area contributed by atoms with Gasteiger partial charge in [0.05, 0.1) is 17.1 Å². The summed E-state index contributed by atoms with van der Waals surface area (Å²) >= 11 is 0. The van der Waals surface area contributed by atoms with E-state index in [-0.39, 0.29) is 17.3 Å². The third-order valence-electron chi connectivity index (χ3n) is 4.32. The van der Waals surface area contributed by atoms with Gasteiger partial charge in [0.2, 0.25) is 5.91 Å². The monoisotopic (exact) mass is 394 g/mol. The minimum Gasteiger partial charge on any atom is -0.326 e. The summed E-state index contributed by atoms with van der Waals surface area (Å²) in [7, 11) is -3.85. The number of carbonyl (C=O) groups excluding carboxylic acids is 1. The molecule has 28 heavy (non-hydrogen) atoms. The Labute approximate surface area is 165 Å². The van der Waals surface area contributed by atoms with Gasteiger partial charge >= 0.3 is 0 Å². The molecule has 0 bridgehead atoms. The Morgan fingerprint density at radius 3 is 2.14 bits per heavy atom. The van der Waals surface area contributed by atoms with E-state index in [0.717, 1.165) is 11.1 Å². The molecule has 0 radical (unpaired) electrons. The molecule has 0 saturated carbocycles. The quantitative estimate of drug-likeness (QED) is 0.676. The maximum atomic E-state index is 13.5. The van der Waals surface area contributed by atoms with Crippen LogP contribution in [0.3, 0.4) is 0 Å². The van der Waals surface area contributed by atoms with Crippen LogP contribution in [-0.2, 0) is 21.4 Å². The molecule has 3 aromatic rings. The molecule has 0 spiro atoms. The van der Waals surface area contributed by atoms with Crippen LogP contribution in [0.4, 0.5) is 11.4 Å². The molecule has 1 amide bonds. The van der Waals surface area contributed by atoms with E-state index in [9.17, 15) is 13.2 Å². The first kappa shape index (κ1) is 19.6. The van der Waals surface area contributed by atoms with E-state index >= 15 is 0 Å². The molecule has 0 aliphatic rings. The Bertz CT molecular complexity index is 1070. The molecule has 0 saturated heterocycles. The predicted octanol–water partition coefficient (Wildman–Crippen LogP) is 4.35. The number of aryl methyl sites for hydroxylation is 1. The van der Waals surface area contributed by atoms with Crippen LogP contribution in [0, 0.1) is 6.92 Å². The highest BCUT2D eigenvalue weighted by molar-refractivity contribution is 7.92. The van der Waals surface area contributed by atoms with Crippen LogP contribution >= 0.6 is 0 Å². The summed E-state index contributed by atoms with van der Waals surface area (Å²) in [5, 5.41) is 2.69. The molecule has 1 N–H and O–H groups in total. The fourth-order valence-corrected chi connectivity index (χ4v) is 4.35. The minimum atomic E-state index is -3.85. The number of benzene rings is 3. The summed E-state index contributed by atoms with van der Waals surface area (Å²) in [6.07, 6.45) is 0. The zero-order chi connectivity index (χ0) is 20.1. The van der Waals surface area contributed by atoms with Crippen molar-refractivity contribution >= 4 is 27.3 Å². The van der Waals surface area contributed by atoms with Gasteiger partial charge in [0.1, 0.15) is 0 Å². The van der Waals surface area contributed by atoms with Gasteiger partial charge in [0, 0.05) is 12.6 Å². The van der Waals surface area contributed by atoms with Crippen LogP contribution in [0.5, 0.6) is 0 Å². The Morgan fingerprint density at radius 2 is 1.54 bits per heavy atom. The molecule has 0 fully saturated rings. The van der Waals surface area contributed by atoms with Gasteiger partial charge in [0.25, 0.3) is 10.0 Å². The third-order valence-corrected chi connectivity index (χ3v) is 6.09. The molecular weight excluding hydrogens is 372 g/mol. The molecule has 3 rings (SSSR count). The average molecular weight is 394 g/mol. The second kappa shape index (κ2) is 8.27. The first-order valence-electron chi connectivity index (χ1n) is 8.88. The van der Waals surface area contributed by atoms with Crippen LogP contribution in [0.25, 0.3) is 0 Å². The van der Waals surface area contributed by atoms with Crippen molar-refractivity contribution in [2.75, 3.05) is 9.62 Å². The van der Waals surface area contributed by atoms with Crippen molar-refractivity contribution in [1.82, 2.24) is 0 Å². The lowest BCUT2D eigenvalue weighted by molar-refractivity contribution is -0.114. The Hall–Kier alpha value is -3.12. The van der Waals surface area contributed by atoms with Gasteiger partial charge in [-0.3, -0.25) is 9.10 Å². The minimum absolute atomic E-state index is 0.127. The van der Waals surface area contributed by atoms with E-state index in [2.05, 4.69) is 5.32 Å². The van der Waals surface area contributed by atoms with Gasteiger partial charge < -0.3 is 5.32 Å². The maximum Gasteiger partial charge on any atom is 0.264 e. The zero-order valence-electron chi connectivity index (χ0n) is 15.8. The molecule has 5 nitrogen and oxygen atoms in total. The Morgan fingerprint density at radius 1 is 0.929 bits per heavy atom. The number of nitrogens with one attached hydrogen (secondary N) is 1. The molecule has 0 atom stereocenters. The highest BCUT2D eigenvalue weighted by Crippen LogP contribution is 2.28. The standard InChI is InChI=1S/C22H22N2O3S/c1-17-13-14-21(15-22(17)23-18(2)25)28(26,27)24(20-11-7-4-8-12-20)16-19-9-5-3-6-10-19/h3-15H,16H2,1-2H3,(H,23,25). The lowest BCUT2D eigenvalue weighted by atomic mass is 10.2. The fourth-order valence-electron chi connectivity index (χ4n) is 2.87. The summed E-state index contributed by atoms with van der Waals surface area (Å²) < 4.78 is 28.4. The van der Waals surface area contributed by atoms with Gasteiger partial charge in [-0.05, 0) is 42.3 Å². The topological polar surface area (TPSA) is 66.5 Å². The maximum absolute atomic E-state index is 13.5. The van der Waals surface area contributed by atoms with E-state index in [1.165, 1.54) is 17.3 Å². The number of hydrogen-bond donors (Lipinski definition) is 1. The van der Waals surface area contributed by atoms with E-state index in [0.29, 0.717) is 11.4 Å². The van der Waals surface area contributed by atoms with Crippen LogP contribution in [0.2, 0.25) is 0 Å². The largest absolute Gasteiger partial charge is 0.326 e. The molecular formula is C22H22N2O3S. The number of carbonyl (C=O) groups is 1. The van der Waals surface area contributed by atoms with Crippen molar-refractivity contribution in [2.24, 2.45) is 0 Å². The number of nitrogens with zero attached hydrogens (tertiary/aromatic N) is 1. The van der Waals surface area contributed by atoms with E-state index in [1.54, 1.807) is 36.4 Å². The summed E-state index contributed by atoms with van der Waals surface area (Å²) in [6.45, 7) is 3.42. The molecule has 0 unspecified atom stereocenters. The average Bonchev–Trinajstić information content (AvgIpc) is 2.68. The van der Waals surface area contributed by atoms with Crippen LogP contribution in [0.1, 0.15) is 18.1 Å². The van der Waals surface area contributed by atoms with E-state index in [1.807, 2.05) is 43.3 Å². The van der Waals surface area contributed by atoms with Gasteiger partial charge in [-0.25, -0.2) is 8.42 Å². The smallest absolute Gasteiger partial charge is 0.264 e. The number of sulfonamides is 1. The van der Waals surface area contributed by atoms with Gasteiger partial charge in [-0.1, -0.05) is 54.6 Å². The first-order chi connectivity index (χ1) is 13.4. The van der Waals surface area contributed by atoms with Crippen molar-refractivity contribution in [3.8, 4) is 0 Å². The molecule has 6 heteroatoms. The number of rotatable bonds is 6. The number of amides is 1. The second-order valence-corrected chi connectivity index (χ2v) is 8.35. The lowest BCUT2D eigenvalue weighted by Crippen LogP contribution is -2.30.